The molecule has 0 spiro atoms. The Morgan fingerprint density at radius 1 is 0.688 bits per heavy atom. The quantitative estimate of drug-likeness (QED) is 0.778. The van der Waals surface area contributed by atoms with Gasteiger partial charge in [-0.25, -0.2) is 8.78 Å². The van der Waals surface area contributed by atoms with E-state index in [9.17, 15) is 8.78 Å². The van der Waals surface area contributed by atoms with E-state index in [1.54, 1.807) is 0 Å². The van der Waals surface area contributed by atoms with Crippen molar-refractivity contribution in [3.63, 3.8) is 0 Å². The van der Waals surface area contributed by atoms with E-state index in [4.69, 9.17) is 10.2 Å². The summed E-state index contributed by atoms with van der Waals surface area (Å²) in [6.07, 6.45) is 0. The summed E-state index contributed by atoms with van der Waals surface area (Å²) in [5.41, 5.74) is 0.920. The molecule has 82 valence electrons. The second-order valence-electron chi connectivity index (χ2n) is 3.33. The zero-order chi connectivity index (χ0) is 11.7. The molecule has 16 heavy (non-hydrogen) atoms. The third-order valence-corrected chi connectivity index (χ3v) is 2.23. The molecule has 0 aliphatic carbocycles. The van der Waals surface area contributed by atoms with Crippen molar-refractivity contribution in [2.45, 2.75) is 0 Å². The van der Waals surface area contributed by atoms with Crippen LogP contribution in [0.4, 0.5) is 8.78 Å². The highest BCUT2D eigenvalue weighted by molar-refractivity contribution is 5.65. The van der Waals surface area contributed by atoms with E-state index in [0.717, 1.165) is 12.1 Å². The van der Waals surface area contributed by atoms with Crippen LogP contribution < -0.4 is 0 Å². The predicted octanol–water partition coefficient (Wildman–Crippen LogP) is 3.04. The Hall–Kier alpha value is -2.10. The van der Waals surface area contributed by atoms with E-state index < -0.39 is 23.1 Å². The molecular formula is C12H8F2O2. The Morgan fingerprint density at radius 2 is 1.31 bits per heavy atom. The van der Waals surface area contributed by atoms with Gasteiger partial charge in [0.15, 0.2) is 23.1 Å². The first-order chi connectivity index (χ1) is 7.58. The van der Waals surface area contributed by atoms with Crippen molar-refractivity contribution in [3.05, 3.63) is 48.0 Å². The van der Waals surface area contributed by atoms with Crippen LogP contribution in [0.1, 0.15) is 0 Å². The summed E-state index contributed by atoms with van der Waals surface area (Å²) in [4.78, 5) is 0. The Bertz CT molecular complexity index is 489. The number of aromatic hydroxyl groups is 2. The molecule has 2 N–H and O–H groups in total. The van der Waals surface area contributed by atoms with Gasteiger partial charge in [-0.05, 0) is 35.4 Å². The van der Waals surface area contributed by atoms with Gasteiger partial charge in [0.2, 0.25) is 0 Å². The van der Waals surface area contributed by atoms with Crippen LogP contribution in [0, 0.1) is 11.6 Å². The lowest BCUT2D eigenvalue weighted by atomic mass is 10.1. The molecule has 2 aromatic carbocycles. The minimum Gasteiger partial charge on any atom is -0.505 e. The van der Waals surface area contributed by atoms with Gasteiger partial charge in [-0.2, -0.15) is 0 Å². The number of benzene rings is 2. The van der Waals surface area contributed by atoms with Crippen molar-refractivity contribution in [1.82, 2.24) is 0 Å². The Kier molecular flexibility index (Phi) is 2.48. The summed E-state index contributed by atoms with van der Waals surface area (Å²) >= 11 is 0. The van der Waals surface area contributed by atoms with E-state index >= 15 is 0 Å². The van der Waals surface area contributed by atoms with Crippen LogP contribution in [-0.4, -0.2) is 10.2 Å². The Labute approximate surface area is 90.4 Å². The molecule has 0 fully saturated rings. The van der Waals surface area contributed by atoms with Crippen molar-refractivity contribution < 1.29 is 19.0 Å². The van der Waals surface area contributed by atoms with Crippen LogP contribution in [0.3, 0.4) is 0 Å². The SMILES string of the molecule is Oc1cc(-c2ccc(O)c(F)c2)ccc1F. The monoisotopic (exact) mass is 222 g/mol. The summed E-state index contributed by atoms with van der Waals surface area (Å²) in [5.74, 6) is -2.44. The number of halogens is 2. The van der Waals surface area contributed by atoms with E-state index in [1.807, 2.05) is 0 Å². The summed E-state index contributed by atoms with van der Waals surface area (Å²) in [7, 11) is 0. The summed E-state index contributed by atoms with van der Waals surface area (Å²) in [6, 6.07) is 7.50. The molecule has 0 aliphatic rings. The van der Waals surface area contributed by atoms with Crippen molar-refractivity contribution in [2.75, 3.05) is 0 Å². The van der Waals surface area contributed by atoms with Gasteiger partial charge in [0, 0.05) is 0 Å². The molecule has 2 nitrogen and oxygen atoms in total. The van der Waals surface area contributed by atoms with E-state index in [2.05, 4.69) is 0 Å². The maximum Gasteiger partial charge on any atom is 0.165 e. The third-order valence-electron chi connectivity index (χ3n) is 2.23. The smallest absolute Gasteiger partial charge is 0.165 e. The Morgan fingerprint density at radius 3 is 1.94 bits per heavy atom. The van der Waals surface area contributed by atoms with Crippen LogP contribution in [0.2, 0.25) is 0 Å². The molecule has 0 radical (unpaired) electrons. The van der Waals surface area contributed by atoms with Crippen molar-refractivity contribution in [3.8, 4) is 22.6 Å². The van der Waals surface area contributed by atoms with E-state index in [1.165, 1.54) is 24.3 Å². The molecule has 0 bridgehead atoms. The van der Waals surface area contributed by atoms with Crippen molar-refractivity contribution >= 4 is 0 Å². The lowest BCUT2D eigenvalue weighted by molar-refractivity contribution is 0.432. The van der Waals surface area contributed by atoms with Gasteiger partial charge >= 0.3 is 0 Å². The number of rotatable bonds is 1. The third kappa shape index (κ3) is 1.82. The van der Waals surface area contributed by atoms with E-state index in [-0.39, 0.29) is 0 Å². The summed E-state index contributed by atoms with van der Waals surface area (Å²) in [5, 5.41) is 18.2. The number of hydrogen-bond donors (Lipinski definition) is 2. The zero-order valence-corrected chi connectivity index (χ0v) is 8.11. The lowest BCUT2D eigenvalue weighted by Crippen LogP contribution is -1.83. The van der Waals surface area contributed by atoms with E-state index in [0.29, 0.717) is 11.1 Å². The van der Waals surface area contributed by atoms with Crippen LogP contribution >= 0.6 is 0 Å². The normalized spacial score (nSPS) is 10.4. The highest BCUT2D eigenvalue weighted by Crippen LogP contribution is 2.28. The molecule has 0 amide bonds. The minimum absolute atomic E-state index is 0.449. The molecule has 0 atom stereocenters. The van der Waals surface area contributed by atoms with Crippen molar-refractivity contribution in [1.29, 1.82) is 0 Å². The van der Waals surface area contributed by atoms with Crippen LogP contribution in [0.15, 0.2) is 36.4 Å². The fourth-order valence-electron chi connectivity index (χ4n) is 1.38. The Balaban J connectivity index is 2.50. The number of phenols is 2. The molecule has 0 saturated heterocycles. The average Bonchev–Trinajstić information content (AvgIpc) is 2.26. The number of phenolic OH excluding ortho intramolecular Hbond substituents is 2. The van der Waals surface area contributed by atoms with Gasteiger partial charge in [-0.1, -0.05) is 12.1 Å². The van der Waals surface area contributed by atoms with Gasteiger partial charge in [0.1, 0.15) is 0 Å². The molecule has 0 heterocycles. The first-order valence-corrected chi connectivity index (χ1v) is 4.55. The molecule has 0 unspecified atom stereocenters. The predicted molar refractivity (Wildman–Crippen MR) is 55.1 cm³/mol. The highest BCUT2D eigenvalue weighted by atomic mass is 19.1. The molecule has 0 aliphatic heterocycles. The second-order valence-corrected chi connectivity index (χ2v) is 3.33. The maximum absolute atomic E-state index is 13.1. The maximum atomic E-state index is 13.1. The van der Waals surface area contributed by atoms with Gasteiger partial charge in [0.05, 0.1) is 0 Å². The fraction of sp³-hybridized carbons (Fsp3) is 0. The summed E-state index contributed by atoms with van der Waals surface area (Å²) < 4.78 is 25.9. The van der Waals surface area contributed by atoms with Gasteiger partial charge in [-0.3, -0.25) is 0 Å². The topological polar surface area (TPSA) is 40.5 Å². The zero-order valence-electron chi connectivity index (χ0n) is 8.11. The van der Waals surface area contributed by atoms with Gasteiger partial charge in [-0.15, -0.1) is 0 Å². The number of hydrogen-bond acceptors (Lipinski definition) is 2. The standard InChI is InChI=1S/C12H8F2O2/c13-9-3-1-8(6-12(9)16)7-2-4-11(15)10(14)5-7/h1-6,15-16H. The molecule has 4 heteroatoms. The van der Waals surface area contributed by atoms with Crippen LogP contribution in [0.25, 0.3) is 11.1 Å². The molecule has 0 aromatic heterocycles. The molecular weight excluding hydrogens is 214 g/mol. The first-order valence-electron chi connectivity index (χ1n) is 4.55. The molecule has 2 aromatic rings. The molecule has 0 saturated carbocycles. The minimum atomic E-state index is -0.763. The molecule has 2 rings (SSSR count). The van der Waals surface area contributed by atoms with Crippen molar-refractivity contribution in [2.24, 2.45) is 0 Å². The van der Waals surface area contributed by atoms with Crippen LogP contribution in [0.5, 0.6) is 11.5 Å². The summed E-state index contributed by atoms with van der Waals surface area (Å²) in [6.45, 7) is 0. The van der Waals surface area contributed by atoms with Gasteiger partial charge in [0.25, 0.3) is 0 Å². The van der Waals surface area contributed by atoms with Crippen LogP contribution in [-0.2, 0) is 0 Å². The lowest BCUT2D eigenvalue weighted by Gasteiger charge is -2.04. The fourth-order valence-corrected chi connectivity index (χ4v) is 1.38. The highest BCUT2D eigenvalue weighted by Gasteiger charge is 2.06. The second kappa shape index (κ2) is 3.81. The largest absolute Gasteiger partial charge is 0.505 e. The van der Waals surface area contributed by atoms with Gasteiger partial charge < -0.3 is 10.2 Å². The average molecular weight is 222 g/mol. The first kappa shape index (κ1) is 10.4.